The number of rotatable bonds is 5. The van der Waals surface area contributed by atoms with Crippen LogP contribution in [0.25, 0.3) is 11.3 Å². The molecule has 0 aliphatic rings. The number of nitrogens with zero attached hydrogens (tertiary/aromatic N) is 2. The predicted molar refractivity (Wildman–Crippen MR) is 110 cm³/mol. The van der Waals surface area contributed by atoms with E-state index < -0.39 is 0 Å². The molecule has 0 unspecified atom stereocenters. The summed E-state index contributed by atoms with van der Waals surface area (Å²) in [5.74, 6) is -0.158. The molecule has 0 fully saturated rings. The van der Waals surface area contributed by atoms with E-state index in [1.807, 2.05) is 30.3 Å². The van der Waals surface area contributed by atoms with Gasteiger partial charge in [-0.15, -0.1) is 0 Å². The van der Waals surface area contributed by atoms with Crippen LogP contribution in [0, 0.1) is 0 Å². The van der Waals surface area contributed by atoms with E-state index in [9.17, 15) is 4.79 Å². The van der Waals surface area contributed by atoms with E-state index in [4.69, 9.17) is 23.2 Å². The van der Waals surface area contributed by atoms with Gasteiger partial charge in [-0.05, 0) is 12.1 Å². The number of amides is 1. The zero-order chi connectivity index (χ0) is 18.5. The Kier molecular flexibility index (Phi) is 5.88. The number of hydrogen-bond donors (Lipinski definition) is 2. The maximum absolute atomic E-state index is 11.5. The minimum absolute atomic E-state index is 0.158. The molecule has 5 nitrogen and oxygen atoms in total. The number of thiazole rings is 1. The summed E-state index contributed by atoms with van der Waals surface area (Å²) in [6, 6.07) is 14.8. The molecule has 0 aliphatic carbocycles. The smallest absolute Gasteiger partial charge is 0.221 e. The second-order valence-corrected chi connectivity index (χ2v) is 7.12. The fraction of sp³-hybridized carbons (Fsp3) is 0.0556. The van der Waals surface area contributed by atoms with Gasteiger partial charge in [-0.2, -0.15) is 5.10 Å². The van der Waals surface area contributed by atoms with Crippen LogP contribution in [0.3, 0.4) is 0 Å². The Morgan fingerprint density at radius 2 is 1.96 bits per heavy atom. The second-order valence-electron chi connectivity index (χ2n) is 5.28. The summed E-state index contributed by atoms with van der Waals surface area (Å²) in [6.07, 6.45) is 1.58. The average Bonchev–Trinajstić information content (AvgIpc) is 2.99. The Hall–Kier alpha value is -2.41. The van der Waals surface area contributed by atoms with Crippen LogP contribution in [-0.4, -0.2) is 17.1 Å². The summed E-state index contributed by atoms with van der Waals surface area (Å²) < 4.78 is 0. The molecule has 0 saturated carbocycles. The minimum Gasteiger partial charge on any atom is -0.316 e. The molecule has 2 aromatic carbocycles. The van der Waals surface area contributed by atoms with Gasteiger partial charge in [0.25, 0.3) is 0 Å². The number of halogens is 2. The zero-order valence-electron chi connectivity index (χ0n) is 13.7. The Bertz CT molecular complexity index is 957. The lowest BCUT2D eigenvalue weighted by atomic mass is 10.2. The third-order valence-electron chi connectivity index (χ3n) is 3.29. The molecular formula is C18H14Cl2N4OS. The SMILES string of the molecule is CC(=O)Nc1sc(N/N=C/c2ccc(Cl)cc2Cl)nc1-c1ccccc1. The van der Waals surface area contributed by atoms with Crippen LogP contribution >= 0.6 is 34.5 Å². The standard InChI is InChI=1S/C18H14Cl2N4OS/c1-11(25)22-17-16(12-5-3-2-4-6-12)23-18(26-17)24-21-10-13-7-8-14(19)9-15(13)20/h2-10H,1H3,(H,22,25)(H,23,24)/b21-10+. The van der Waals surface area contributed by atoms with Crippen molar-refractivity contribution in [2.24, 2.45) is 5.10 Å². The first-order chi connectivity index (χ1) is 12.5. The van der Waals surface area contributed by atoms with E-state index in [0.717, 1.165) is 11.1 Å². The normalized spacial score (nSPS) is 10.9. The maximum Gasteiger partial charge on any atom is 0.221 e. The van der Waals surface area contributed by atoms with Crippen molar-refractivity contribution in [3.8, 4) is 11.3 Å². The molecule has 0 spiro atoms. The molecule has 0 radical (unpaired) electrons. The lowest BCUT2D eigenvalue weighted by Crippen LogP contribution is -2.05. The number of hydrazone groups is 1. The summed E-state index contributed by atoms with van der Waals surface area (Å²) in [6.45, 7) is 1.46. The Morgan fingerprint density at radius 1 is 1.19 bits per heavy atom. The van der Waals surface area contributed by atoms with Crippen LogP contribution in [-0.2, 0) is 4.79 Å². The summed E-state index contributed by atoms with van der Waals surface area (Å²) in [4.78, 5) is 16.0. The molecule has 1 heterocycles. The first kappa shape index (κ1) is 18.4. The molecule has 8 heteroatoms. The number of carbonyl (C=O) groups excluding carboxylic acids is 1. The Morgan fingerprint density at radius 3 is 2.65 bits per heavy atom. The highest BCUT2D eigenvalue weighted by atomic mass is 35.5. The molecule has 1 aromatic heterocycles. The summed E-state index contributed by atoms with van der Waals surface area (Å²) >= 11 is 13.3. The molecule has 0 aliphatic heterocycles. The Labute approximate surface area is 164 Å². The second kappa shape index (κ2) is 8.31. The largest absolute Gasteiger partial charge is 0.316 e. The topological polar surface area (TPSA) is 66.4 Å². The van der Waals surface area contributed by atoms with Gasteiger partial charge in [0.1, 0.15) is 10.7 Å². The highest BCUT2D eigenvalue weighted by Gasteiger charge is 2.13. The highest BCUT2D eigenvalue weighted by Crippen LogP contribution is 2.35. The van der Waals surface area contributed by atoms with Crippen LogP contribution in [0.5, 0.6) is 0 Å². The summed E-state index contributed by atoms with van der Waals surface area (Å²) in [5.41, 5.74) is 5.20. The summed E-state index contributed by atoms with van der Waals surface area (Å²) in [7, 11) is 0. The van der Waals surface area contributed by atoms with Crippen molar-refractivity contribution in [2.45, 2.75) is 6.92 Å². The molecule has 132 valence electrons. The van der Waals surface area contributed by atoms with Gasteiger partial charge in [-0.3, -0.25) is 10.2 Å². The van der Waals surface area contributed by atoms with Crippen molar-refractivity contribution in [2.75, 3.05) is 10.7 Å². The van der Waals surface area contributed by atoms with Gasteiger partial charge in [0.2, 0.25) is 11.0 Å². The molecular weight excluding hydrogens is 391 g/mol. The number of aromatic nitrogens is 1. The average molecular weight is 405 g/mol. The van der Waals surface area contributed by atoms with Crippen molar-refractivity contribution in [3.63, 3.8) is 0 Å². The van der Waals surface area contributed by atoms with E-state index in [1.54, 1.807) is 24.4 Å². The number of nitrogens with one attached hydrogen (secondary N) is 2. The summed E-state index contributed by atoms with van der Waals surface area (Å²) in [5, 5.41) is 9.24. The van der Waals surface area contributed by atoms with Crippen molar-refractivity contribution in [1.82, 2.24) is 4.98 Å². The van der Waals surface area contributed by atoms with E-state index in [0.29, 0.717) is 25.9 Å². The third kappa shape index (κ3) is 4.60. The van der Waals surface area contributed by atoms with Crippen LogP contribution in [0.4, 0.5) is 10.1 Å². The number of carbonyl (C=O) groups is 1. The molecule has 1 amide bonds. The van der Waals surface area contributed by atoms with E-state index >= 15 is 0 Å². The number of benzene rings is 2. The van der Waals surface area contributed by atoms with Gasteiger partial charge < -0.3 is 5.32 Å². The zero-order valence-corrected chi connectivity index (χ0v) is 16.0. The lowest BCUT2D eigenvalue weighted by Gasteiger charge is -2.01. The molecule has 3 aromatic rings. The molecule has 26 heavy (non-hydrogen) atoms. The quantitative estimate of drug-likeness (QED) is 0.434. The number of anilines is 2. The van der Waals surface area contributed by atoms with E-state index in [-0.39, 0.29) is 5.91 Å². The van der Waals surface area contributed by atoms with Gasteiger partial charge >= 0.3 is 0 Å². The molecule has 0 atom stereocenters. The monoisotopic (exact) mass is 404 g/mol. The number of hydrogen-bond acceptors (Lipinski definition) is 5. The predicted octanol–water partition coefficient (Wildman–Crippen LogP) is 5.52. The lowest BCUT2D eigenvalue weighted by molar-refractivity contribution is -0.114. The van der Waals surface area contributed by atoms with Crippen molar-refractivity contribution < 1.29 is 4.79 Å². The van der Waals surface area contributed by atoms with Crippen molar-refractivity contribution in [3.05, 3.63) is 64.1 Å². The molecule has 3 rings (SSSR count). The van der Waals surface area contributed by atoms with Crippen LogP contribution < -0.4 is 10.7 Å². The molecule has 0 bridgehead atoms. The fourth-order valence-electron chi connectivity index (χ4n) is 2.17. The van der Waals surface area contributed by atoms with Gasteiger partial charge in [0, 0.05) is 23.1 Å². The van der Waals surface area contributed by atoms with E-state index in [1.165, 1.54) is 18.3 Å². The highest BCUT2D eigenvalue weighted by molar-refractivity contribution is 7.20. The van der Waals surface area contributed by atoms with Gasteiger partial charge in [0.15, 0.2) is 0 Å². The third-order valence-corrected chi connectivity index (χ3v) is 4.73. The first-order valence-corrected chi connectivity index (χ1v) is 9.18. The molecule has 2 N–H and O–H groups in total. The van der Waals surface area contributed by atoms with Crippen molar-refractivity contribution in [1.29, 1.82) is 0 Å². The van der Waals surface area contributed by atoms with Gasteiger partial charge in [0.05, 0.1) is 11.2 Å². The minimum atomic E-state index is -0.158. The van der Waals surface area contributed by atoms with Gasteiger partial charge in [-0.1, -0.05) is 70.9 Å². The first-order valence-electron chi connectivity index (χ1n) is 7.61. The van der Waals surface area contributed by atoms with Crippen molar-refractivity contribution >= 4 is 56.8 Å². The fourth-order valence-corrected chi connectivity index (χ4v) is 3.51. The maximum atomic E-state index is 11.5. The van der Waals surface area contributed by atoms with Gasteiger partial charge in [-0.25, -0.2) is 4.98 Å². The van der Waals surface area contributed by atoms with Crippen LogP contribution in [0.15, 0.2) is 53.6 Å². The van der Waals surface area contributed by atoms with Crippen LogP contribution in [0.1, 0.15) is 12.5 Å². The molecule has 0 saturated heterocycles. The van der Waals surface area contributed by atoms with E-state index in [2.05, 4.69) is 20.8 Å². The Balaban J connectivity index is 1.83. The van der Waals surface area contributed by atoms with Crippen LogP contribution in [0.2, 0.25) is 10.0 Å².